The minimum Gasteiger partial charge on any atom is -0.481 e. The highest BCUT2D eigenvalue weighted by atomic mass is 16.5. The van der Waals surface area contributed by atoms with Gasteiger partial charge in [-0.3, -0.25) is 0 Å². The summed E-state index contributed by atoms with van der Waals surface area (Å²) in [6.07, 6.45) is 5.63. The van der Waals surface area contributed by atoms with Crippen LogP contribution in [0.25, 0.3) is 11.1 Å². The number of carboxylic acids is 1. The van der Waals surface area contributed by atoms with Crippen LogP contribution in [0.1, 0.15) is 44.1 Å². The number of carbonyl (C=O) groups is 1. The van der Waals surface area contributed by atoms with Crippen LogP contribution in [0.4, 0.5) is 5.69 Å². The summed E-state index contributed by atoms with van der Waals surface area (Å²) in [5.41, 5.74) is 2.55. The van der Waals surface area contributed by atoms with Gasteiger partial charge in [-0.2, -0.15) is 4.98 Å². The Labute approximate surface area is 194 Å². The summed E-state index contributed by atoms with van der Waals surface area (Å²) < 4.78 is 22.3. The molecule has 0 spiro atoms. The molecule has 2 heterocycles. The molecule has 33 heavy (non-hydrogen) atoms. The Morgan fingerprint density at radius 2 is 1.79 bits per heavy atom. The van der Waals surface area contributed by atoms with Gasteiger partial charge in [0, 0.05) is 43.9 Å². The van der Waals surface area contributed by atoms with E-state index in [2.05, 4.69) is 10.3 Å². The molecule has 4 rings (SSSR count). The second-order valence-electron chi connectivity index (χ2n) is 8.65. The fraction of sp³-hybridized carbons (Fsp3) is 0.520. The van der Waals surface area contributed by atoms with E-state index >= 15 is 0 Å². The average molecular weight is 457 g/mol. The molecule has 2 N–H and O–H groups in total. The number of benzene rings is 1. The fourth-order valence-electron chi connectivity index (χ4n) is 4.57. The van der Waals surface area contributed by atoms with Crippen molar-refractivity contribution >= 4 is 11.7 Å². The molecule has 0 unspecified atom stereocenters. The van der Waals surface area contributed by atoms with Crippen LogP contribution >= 0.6 is 0 Å². The first-order chi connectivity index (χ1) is 16.0. The normalized spacial score (nSPS) is 18.1. The molecule has 0 amide bonds. The van der Waals surface area contributed by atoms with Crippen LogP contribution in [-0.4, -0.2) is 55.1 Å². The molecule has 2 aromatic rings. The van der Waals surface area contributed by atoms with Gasteiger partial charge in [0.15, 0.2) is 0 Å². The zero-order chi connectivity index (χ0) is 23.3. The molecule has 8 nitrogen and oxygen atoms in total. The minimum atomic E-state index is -1.04. The van der Waals surface area contributed by atoms with E-state index in [1.54, 1.807) is 14.2 Å². The molecule has 1 aliphatic heterocycles. The quantitative estimate of drug-likeness (QED) is 0.577. The smallest absolute Gasteiger partial charge is 0.329 e. The van der Waals surface area contributed by atoms with Crippen LogP contribution < -0.4 is 14.8 Å². The summed E-state index contributed by atoms with van der Waals surface area (Å²) >= 11 is 0. The lowest BCUT2D eigenvalue weighted by Gasteiger charge is -2.35. The first-order valence-electron chi connectivity index (χ1n) is 11.5. The maximum atomic E-state index is 12.1. The average Bonchev–Trinajstić information content (AvgIpc) is 3.36. The SMILES string of the molecule is COc1cc(-c2ccc(NC3(C(=O)O)CCOCC3)cc2COC2CCCC2)cc(OC)n1. The number of hydrogen-bond acceptors (Lipinski definition) is 7. The van der Waals surface area contributed by atoms with E-state index in [0.717, 1.165) is 35.2 Å². The van der Waals surface area contributed by atoms with E-state index in [1.165, 1.54) is 12.8 Å². The molecule has 0 radical (unpaired) electrons. The third-order valence-electron chi connectivity index (χ3n) is 6.53. The van der Waals surface area contributed by atoms with Crippen LogP contribution in [0, 0.1) is 0 Å². The number of nitrogens with one attached hydrogen (secondary N) is 1. The Balaban J connectivity index is 1.68. The van der Waals surface area contributed by atoms with Gasteiger partial charge in [0.25, 0.3) is 0 Å². The number of anilines is 1. The molecule has 2 aliphatic rings. The van der Waals surface area contributed by atoms with Crippen LogP contribution in [0.3, 0.4) is 0 Å². The molecule has 1 aromatic heterocycles. The van der Waals surface area contributed by atoms with E-state index < -0.39 is 11.5 Å². The standard InChI is InChI=1S/C25H32N2O6/c1-30-22-14-17(15-23(26-22)31-2)21-8-7-19(13-18(21)16-33-20-5-3-4-6-20)27-25(24(28)29)9-11-32-12-10-25/h7-8,13-15,20,27H,3-6,9-12,16H2,1-2H3,(H,28,29). The number of aliphatic carboxylic acids is 1. The highest BCUT2D eigenvalue weighted by molar-refractivity contribution is 5.83. The summed E-state index contributed by atoms with van der Waals surface area (Å²) in [7, 11) is 3.14. The third-order valence-corrected chi connectivity index (χ3v) is 6.53. The van der Waals surface area contributed by atoms with Crippen LogP contribution in [0.5, 0.6) is 11.8 Å². The highest BCUT2D eigenvalue weighted by Crippen LogP contribution is 2.34. The molecule has 2 fully saturated rings. The largest absolute Gasteiger partial charge is 0.481 e. The summed E-state index contributed by atoms with van der Waals surface area (Å²) in [4.78, 5) is 16.4. The predicted octanol–water partition coefficient (Wildman–Crippen LogP) is 4.27. The number of methoxy groups -OCH3 is 2. The topological polar surface area (TPSA) is 99.1 Å². The summed E-state index contributed by atoms with van der Waals surface area (Å²) in [6.45, 7) is 1.28. The number of ether oxygens (including phenoxy) is 4. The number of pyridine rings is 1. The molecule has 0 atom stereocenters. The maximum absolute atomic E-state index is 12.1. The molecule has 1 aliphatic carbocycles. The van der Waals surface area contributed by atoms with Crippen molar-refractivity contribution in [1.82, 2.24) is 4.98 Å². The minimum absolute atomic E-state index is 0.261. The van der Waals surface area contributed by atoms with Gasteiger partial charge in [-0.05, 0) is 41.7 Å². The fourth-order valence-corrected chi connectivity index (χ4v) is 4.57. The van der Waals surface area contributed by atoms with Gasteiger partial charge >= 0.3 is 5.97 Å². The van der Waals surface area contributed by atoms with Crippen molar-refractivity contribution in [1.29, 1.82) is 0 Å². The first-order valence-corrected chi connectivity index (χ1v) is 11.5. The van der Waals surface area contributed by atoms with Crippen molar-refractivity contribution in [2.45, 2.75) is 56.8 Å². The van der Waals surface area contributed by atoms with Gasteiger partial charge in [-0.1, -0.05) is 18.9 Å². The first kappa shape index (κ1) is 23.3. The molecular formula is C25H32N2O6. The molecule has 0 bridgehead atoms. The van der Waals surface area contributed by atoms with E-state index in [4.69, 9.17) is 18.9 Å². The lowest BCUT2D eigenvalue weighted by atomic mass is 9.89. The van der Waals surface area contributed by atoms with Crippen LogP contribution in [0.2, 0.25) is 0 Å². The monoisotopic (exact) mass is 456 g/mol. The van der Waals surface area contributed by atoms with Crippen molar-refractivity contribution in [3.63, 3.8) is 0 Å². The predicted molar refractivity (Wildman–Crippen MR) is 124 cm³/mol. The molecule has 1 aromatic carbocycles. The lowest BCUT2D eigenvalue weighted by molar-refractivity contribution is -0.145. The number of hydrogen-bond donors (Lipinski definition) is 2. The number of rotatable bonds is 9. The Morgan fingerprint density at radius 1 is 1.12 bits per heavy atom. The maximum Gasteiger partial charge on any atom is 0.329 e. The van der Waals surface area contributed by atoms with Crippen molar-refractivity contribution < 1.29 is 28.8 Å². The lowest BCUT2D eigenvalue weighted by Crippen LogP contribution is -2.50. The second kappa shape index (κ2) is 10.4. The zero-order valence-corrected chi connectivity index (χ0v) is 19.3. The number of aromatic nitrogens is 1. The van der Waals surface area contributed by atoms with Gasteiger partial charge < -0.3 is 29.4 Å². The number of carboxylic acid groups (broad SMARTS) is 1. The van der Waals surface area contributed by atoms with Crippen molar-refractivity contribution in [3.8, 4) is 22.9 Å². The van der Waals surface area contributed by atoms with Crippen molar-refractivity contribution in [2.75, 3.05) is 32.8 Å². The van der Waals surface area contributed by atoms with Gasteiger partial charge in [0.2, 0.25) is 11.8 Å². The Bertz CT molecular complexity index is 945. The number of nitrogens with zero attached hydrogens (tertiary/aromatic N) is 1. The highest BCUT2D eigenvalue weighted by Gasteiger charge is 2.40. The van der Waals surface area contributed by atoms with E-state index in [0.29, 0.717) is 44.4 Å². The molecule has 8 heteroatoms. The molecule has 1 saturated heterocycles. The van der Waals surface area contributed by atoms with E-state index in [9.17, 15) is 9.90 Å². The van der Waals surface area contributed by atoms with Gasteiger partial charge in [-0.25, -0.2) is 4.79 Å². The Hall–Kier alpha value is -2.84. The van der Waals surface area contributed by atoms with Gasteiger partial charge in [0.1, 0.15) is 5.54 Å². The van der Waals surface area contributed by atoms with Gasteiger partial charge in [0.05, 0.1) is 26.9 Å². The Kier molecular flexibility index (Phi) is 7.35. The molecule has 178 valence electrons. The Morgan fingerprint density at radius 3 is 2.39 bits per heavy atom. The van der Waals surface area contributed by atoms with Crippen LogP contribution in [0.15, 0.2) is 30.3 Å². The van der Waals surface area contributed by atoms with Crippen LogP contribution in [-0.2, 0) is 20.9 Å². The zero-order valence-electron chi connectivity index (χ0n) is 19.3. The summed E-state index contributed by atoms with van der Waals surface area (Å²) in [6, 6.07) is 9.61. The van der Waals surface area contributed by atoms with E-state index in [1.807, 2.05) is 30.3 Å². The second-order valence-corrected chi connectivity index (χ2v) is 8.65. The van der Waals surface area contributed by atoms with Gasteiger partial charge in [-0.15, -0.1) is 0 Å². The molecular weight excluding hydrogens is 424 g/mol. The summed E-state index contributed by atoms with van der Waals surface area (Å²) in [5, 5.41) is 13.2. The van der Waals surface area contributed by atoms with Crippen molar-refractivity contribution in [3.05, 3.63) is 35.9 Å². The molecule has 1 saturated carbocycles. The third kappa shape index (κ3) is 5.39. The summed E-state index contributed by atoms with van der Waals surface area (Å²) in [5.74, 6) is 0.0599. The van der Waals surface area contributed by atoms with E-state index in [-0.39, 0.29) is 6.10 Å². The van der Waals surface area contributed by atoms with Crippen molar-refractivity contribution in [2.24, 2.45) is 0 Å².